The third kappa shape index (κ3) is 6.85. The lowest BCUT2D eigenvalue weighted by Crippen LogP contribution is -2.45. The average Bonchev–Trinajstić information content (AvgIpc) is 3.13. The van der Waals surface area contributed by atoms with Crippen LogP contribution in [0.3, 0.4) is 0 Å². The minimum absolute atomic E-state index is 0.0554. The molecule has 35 heavy (non-hydrogen) atoms. The summed E-state index contributed by atoms with van der Waals surface area (Å²) in [5.41, 5.74) is 2.47. The summed E-state index contributed by atoms with van der Waals surface area (Å²) in [6.07, 6.45) is 0. The summed E-state index contributed by atoms with van der Waals surface area (Å²) in [6.45, 7) is 9.43. The fourth-order valence-electron chi connectivity index (χ4n) is 4.02. The van der Waals surface area contributed by atoms with Gasteiger partial charge in [0.1, 0.15) is 17.5 Å². The number of nitrogens with one attached hydrogen (secondary N) is 1. The van der Waals surface area contributed by atoms with Crippen LogP contribution in [-0.4, -0.2) is 62.8 Å². The third-order valence-corrected chi connectivity index (χ3v) is 5.80. The van der Waals surface area contributed by atoms with Crippen LogP contribution >= 0.6 is 0 Å². The van der Waals surface area contributed by atoms with Gasteiger partial charge in [-0.25, -0.2) is 4.79 Å². The topological polar surface area (TPSA) is 105 Å². The molecule has 0 spiro atoms. The van der Waals surface area contributed by atoms with Crippen LogP contribution in [0.1, 0.15) is 58.9 Å². The Balaban J connectivity index is 2.11. The number of hydrogen-bond acceptors (Lipinski definition) is 7. The maximum atomic E-state index is 12.9. The Hall–Kier alpha value is -3.33. The largest absolute Gasteiger partial charge is 0.497 e. The highest BCUT2D eigenvalue weighted by Gasteiger charge is 2.28. The molecule has 0 fully saturated rings. The molecule has 2 atom stereocenters. The number of methoxy groups -OCH3 is 3. The van der Waals surface area contributed by atoms with Crippen LogP contribution in [0.4, 0.5) is 0 Å². The van der Waals surface area contributed by atoms with Gasteiger partial charge in [-0.15, -0.1) is 0 Å². The molecule has 1 N–H and O–H groups in total. The van der Waals surface area contributed by atoms with E-state index >= 15 is 0 Å². The normalized spacial score (nSPS) is 12.7. The molecule has 1 unspecified atom stereocenters. The van der Waals surface area contributed by atoms with E-state index in [0.717, 1.165) is 11.4 Å². The Morgan fingerprint density at radius 1 is 0.943 bits per heavy atom. The molecule has 1 aromatic carbocycles. The smallest absolute Gasteiger partial charge is 0.329 e. The lowest BCUT2D eigenvalue weighted by atomic mass is 10.0. The van der Waals surface area contributed by atoms with Gasteiger partial charge in [-0.05, 0) is 44.9 Å². The van der Waals surface area contributed by atoms with E-state index in [1.54, 1.807) is 45.2 Å². The zero-order valence-electron chi connectivity index (χ0n) is 21.8. The molecule has 2 rings (SSSR count). The van der Waals surface area contributed by atoms with Crippen molar-refractivity contribution in [1.82, 2.24) is 9.88 Å². The van der Waals surface area contributed by atoms with Crippen LogP contribution in [-0.2, 0) is 14.3 Å². The second kappa shape index (κ2) is 12.4. The number of ether oxygens (including phenoxy) is 4. The van der Waals surface area contributed by atoms with Gasteiger partial charge in [-0.3, -0.25) is 9.59 Å². The minimum atomic E-state index is -0.943. The number of amides is 1. The third-order valence-electron chi connectivity index (χ3n) is 5.80. The summed E-state index contributed by atoms with van der Waals surface area (Å²) in [4.78, 5) is 38.5. The van der Waals surface area contributed by atoms with Gasteiger partial charge in [0.25, 0.3) is 5.91 Å². The second-order valence-corrected chi connectivity index (χ2v) is 8.79. The number of rotatable bonds is 12. The van der Waals surface area contributed by atoms with Crippen LogP contribution in [0, 0.1) is 19.8 Å². The Kier molecular flexibility index (Phi) is 9.89. The first-order valence-electron chi connectivity index (χ1n) is 11.4. The Morgan fingerprint density at radius 2 is 1.54 bits per heavy atom. The number of carbonyl (C=O) groups excluding carboxylic acids is 3. The standard InChI is InChI=1S/C26H36N2O7/c1-15(2)24(27-25(30)19-10-20(33-7)12-21(11-19)34-8)26(31)35-14-23(29)22-9-16(3)28(18(22)5)17(4)13-32-6/h9-12,15,17,24H,13-14H2,1-8H3,(H,27,30)/t17?,24-/m0/s1. The summed E-state index contributed by atoms with van der Waals surface area (Å²) in [6, 6.07) is 5.63. The number of carbonyl (C=O) groups is 3. The van der Waals surface area contributed by atoms with Gasteiger partial charge in [0, 0.05) is 35.7 Å². The predicted molar refractivity (Wildman–Crippen MR) is 131 cm³/mol. The molecule has 0 radical (unpaired) electrons. The van der Waals surface area contributed by atoms with E-state index in [4.69, 9.17) is 18.9 Å². The molecular formula is C26H36N2O7. The minimum Gasteiger partial charge on any atom is -0.497 e. The quantitative estimate of drug-likeness (QED) is 0.360. The number of nitrogens with zero attached hydrogens (tertiary/aromatic N) is 1. The van der Waals surface area contributed by atoms with E-state index in [9.17, 15) is 14.4 Å². The molecule has 2 aromatic rings. The lowest BCUT2D eigenvalue weighted by Gasteiger charge is -2.21. The van der Waals surface area contributed by atoms with Crippen molar-refractivity contribution in [1.29, 1.82) is 0 Å². The summed E-state index contributed by atoms with van der Waals surface area (Å²) < 4.78 is 23.0. The Labute approximate surface area is 206 Å². The van der Waals surface area contributed by atoms with Crippen LogP contribution in [0.25, 0.3) is 0 Å². The van der Waals surface area contributed by atoms with Crippen LogP contribution < -0.4 is 14.8 Å². The van der Waals surface area contributed by atoms with Crippen molar-refractivity contribution in [3.63, 3.8) is 0 Å². The van der Waals surface area contributed by atoms with E-state index in [-0.39, 0.29) is 23.3 Å². The first kappa shape index (κ1) is 27.9. The van der Waals surface area contributed by atoms with Crippen molar-refractivity contribution in [2.24, 2.45) is 5.92 Å². The van der Waals surface area contributed by atoms with Crippen molar-refractivity contribution in [2.75, 3.05) is 34.5 Å². The molecule has 0 aliphatic rings. The number of aromatic nitrogens is 1. The van der Waals surface area contributed by atoms with Crippen molar-refractivity contribution in [3.8, 4) is 11.5 Å². The number of ketones is 1. The SMILES string of the molecule is COCC(C)n1c(C)cc(C(=O)COC(=O)[C@@H](NC(=O)c2cc(OC)cc(OC)c2)C(C)C)c1C. The molecule has 192 valence electrons. The van der Waals surface area contributed by atoms with Crippen molar-refractivity contribution >= 4 is 17.7 Å². The highest BCUT2D eigenvalue weighted by molar-refractivity contribution is 6.00. The van der Waals surface area contributed by atoms with Gasteiger partial charge < -0.3 is 28.8 Å². The predicted octanol–water partition coefficient (Wildman–Crippen LogP) is 3.51. The summed E-state index contributed by atoms with van der Waals surface area (Å²) >= 11 is 0. The van der Waals surface area contributed by atoms with E-state index in [2.05, 4.69) is 5.32 Å². The number of aryl methyl sites for hydroxylation is 1. The summed E-state index contributed by atoms with van der Waals surface area (Å²) in [5, 5.41) is 2.70. The zero-order valence-corrected chi connectivity index (χ0v) is 21.8. The van der Waals surface area contributed by atoms with Gasteiger partial charge in [-0.2, -0.15) is 0 Å². The monoisotopic (exact) mass is 488 g/mol. The summed E-state index contributed by atoms with van der Waals surface area (Å²) in [7, 11) is 4.60. The van der Waals surface area contributed by atoms with Crippen molar-refractivity contribution < 1.29 is 33.3 Å². The molecule has 0 aliphatic carbocycles. The van der Waals surface area contributed by atoms with Crippen LogP contribution in [0.15, 0.2) is 24.3 Å². The number of esters is 1. The average molecular weight is 489 g/mol. The van der Waals surface area contributed by atoms with Crippen molar-refractivity contribution in [2.45, 2.75) is 46.7 Å². The Bertz CT molecular complexity index is 1040. The van der Waals surface area contributed by atoms with Crippen molar-refractivity contribution in [3.05, 3.63) is 46.8 Å². The molecular weight excluding hydrogens is 452 g/mol. The summed E-state index contributed by atoms with van der Waals surface area (Å²) in [5.74, 6) is -0.858. The highest BCUT2D eigenvalue weighted by Crippen LogP contribution is 2.23. The van der Waals surface area contributed by atoms with E-state index in [1.807, 2.05) is 25.3 Å². The number of Topliss-reactive ketones (excluding diaryl/α,β-unsaturated/α-hetero) is 1. The molecule has 1 amide bonds. The van der Waals surface area contributed by atoms with Crippen LogP contribution in [0.5, 0.6) is 11.5 Å². The maximum Gasteiger partial charge on any atom is 0.329 e. The van der Waals surface area contributed by atoms with Gasteiger partial charge in [0.15, 0.2) is 6.61 Å². The fourth-order valence-corrected chi connectivity index (χ4v) is 4.02. The maximum absolute atomic E-state index is 12.9. The molecule has 9 heteroatoms. The Morgan fingerprint density at radius 3 is 2.06 bits per heavy atom. The van der Waals surface area contributed by atoms with E-state index in [1.165, 1.54) is 14.2 Å². The molecule has 0 bridgehead atoms. The van der Waals surface area contributed by atoms with Gasteiger partial charge in [0.2, 0.25) is 5.78 Å². The zero-order chi connectivity index (χ0) is 26.3. The fraction of sp³-hybridized carbons (Fsp3) is 0.500. The molecule has 0 saturated heterocycles. The van der Waals surface area contributed by atoms with E-state index in [0.29, 0.717) is 23.7 Å². The number of benzene rings is 1. The molecule has 0 saturated carbocycles. The molecule has 1 aromatic heterocycles. The highest BCUT2D eigenvalue weighted by atomic mass is 16.5. The second-order valence-electron chi connectivity index (χ2n) is 8.79. The molecule has 0 aliphatic heterocycles. The van der Waals surface area contributed by atoms with Gasteiger partial charge >= 0.3 is 5.97 Å². The van der Waals surface area contributed by atoms with Gasteiger partial charge in [-0.1, -0.05) is 13.8 Å². The molecule has 1 heterocycles. The first-order valence-corrected chi connectivity index (χ1v) is 11.4. The van der Waals surface area contributed by atoms with Crippen LogP contribution in [0.2, 0.25) is 0 Å². The lowest BCUT2D eigenvalue weighted by molar-refractivity contribution is -0.145. The molecule has 9 nitrogen and oxygen atoms in total. The number of hydrogen-bond donors (Lipinski definition) is 1. The van der Waals surface area contributed by atoms with Gasteiger partial charge in [0.05, 0.1) is 26.9 Å². The first-order chi connectivity index (χ1) is 16.5. The van der Waals surface area contributed by atoms with E-state index < -0.39 is 24.5 Å².